The molecule has 0 atom stereocenters. The third-order valence-corrected chi connectivity index (χ3v) is 6.48. The molecule has 0 aliphatic carbocycles. The lowest BCUT2D eigenvalue weighted by atomic mass is 10.2. The largest absolute Gasteiger partial charge is 0.494 e. The molecule has 198 valence electrons. The molecule has 3 aromatic rings. The van der Waals surface area contributed by atoms with Crippen molar-refractivity contribution < 1.29 is 36.6 Å². The molecular weight excluding hydrogens is 503 g/mol. The number of methoxy groups -OCH3 is 2. The number of amides is 1. The molecule has 0 aliphatic rings. The topological polar surface area (TPSA) is 112 Å². The predicted molar refractivity (Wildman–Crippen MR) is 136 cm³/mol. The summed E-state index contributed by atoms with van der Waals surface area (Å²) in [6.45, 7) is 0.881. The molecule has 0 saturated heterocycles. The maximum Gasteiger partial charge on any atom is 0.262 e. The fourth-order valence-corrected chi connectivity index (χ4v) is 4.27. The van der Waals surface area contributed by atoms with Gasteiger partial charge in [-0.25, -0.2) is 12.8 Å². The molecule has 0 saturated carbocycles. The van der Waals surface area contributed by atoms with Crippen LogP contribution in [0.1, 0.15) is 12.0 Å². The first-order valence-electron chi connectivity index (χ1n) is 11.4. The van der Waals surface area contributed by atoms with Crippen LogP contribution in [0, 0.1) is 5.82 Å². The van der Waals surface area contributed by atoms with E-state index in [2.05, 4.69) is 10.0 Å². The quantitative estimate of drug-likeness (QED) is 0.304. The number of rotatable bonds is 14. The van der Waals surface area contributed by atoms with Crippen molar-refractivity contribution in [2.45, 2.75) is 17.9 Å². The van der Waals surface area contributed by atoms with Crippen molar-refractivity contribution in [3.05, 3.63) is 78.1 Å². The molecule has 2 N–H and O–H groups in total. The second-order valence-electron chi connectivity index (χ2n) is 7.82. The van der Waals surface area contributed by atoms with Crippen molar-refractivity contribution in [3.8, 4) is 17.2 Å². The van der Waals surface area contributed by atoms with Gasteiger partial charge in [0.1, 0.15) is 18.2 Å². The molecule has 0 bridgehead atoms. The van der Waals surface area contributed by atoms with Crippen molar-refractivity contribution in [2.75, 3.05) is 38.7 Å². The summed E-state index contributed by atoms with van der Waals surface area (Å²) in [6, 6.07) is 16.7. The van der Waals surface area contributed by atoms with E-state index < -0.39 is 10.0 Å². The molecule has 11 heteroatoms. The molecule has 0 unspecified atom stereocenters. The molecule has 0 heterocycles. The highest BCUT2D eigenvalue weighted by Gasteiger charge is 2.17. The minimum atomic E-state index is -3.83. The van der Waals surface area contributed by atoms with Crippen LogP contribution in [0.2, 0.25) is 0 Å². The SMILES string of the molecule is COc1ccc(S(=O)(=O)Nc2ccc(OCCCNC(=O)COCc3ccc(F)cc3)cc2)cc1OC. The average Bonchev–Trinajstić information content (AvgIpc) is 2.90. The van der Waals surface area contributed by atoms with Gasteiger partial charge in [-0.3, -0.25) is 9.52 Å². The first-order valence-corrected chi connectivity index (χ1v) is 12.9. The van der Waals surface area contributed by atoms with Crippen molar-refractivity contribution in [1.82, 2.24) is 5.32 Å². The highest BCUT2D eigenvalue weighted by Crippen LogP contribution is 2.30. The van der Waals surface area contributed by atoms with Gasteiger partial charge in [0.05, 0.1) is 32.3 Å². The van der Waals surface area contributed by atoms with E-state index in [4.69, 9.17) is 18.9 Å². The molecular formula is C26H29FN2O7S. The number of carbonyl (C=O) groups is 1. The van der Waals surface area contributed by atoms with Crippen molar-refractivity contribution in [2.24, 2.45) is 0 Å². The first kappa shape index (κ1) is 27.8. The molecule has 0 aliphatic heterocycles. The van der Waals surface area contributed by atoms with Gasteiger partial charge in [-0.2, -0.15) is 0 Å². The third-order valence-electron chi connectivity index (χ3n) is 5.10. The van der Waals surface area contributed by atoms with E-state index in [1.54, 1.807) is 36.4 Å². The number of hydrogen-bond acceptors (Lipinski definition) is 7. The molecule has 0 spiro atoms. The number of hydrogen-bond donors (Lipinski definition) is 2. The second kappa shape index (κ2) is 13.5. The highest BCUT2D eigenvalue weighted by atomic mass is 32.2. The Morgan fingerprint density at radius 1 is 0.919 bits per heavy atom. The van der Waals surface area contributed by atoms with E-state index >= 15 is 0 Å². The van der Waals surface area contributed by atoms with Gasteiger partial charge in [0.2, 0.25) is 5.91 Å². The van der Waals surface area contributed by atoms with Crippen molar-refractivity contribution >= 4 is 21.6 Å². The van der Waals surface area contributed by atoms with Crippen molar-refractivity contribution in [3.63, 3.8) is 0 Å². The summed E-state index contributed by atoms with van der Waals surface area (Å²) in [4.78, 5) is 11.9. The van der Waals surface area contributed by atoms with Crippen LogP contribution in [0.15, 0.2) is 71.6 Å². The summed E-state index contributed by atoms with van der Waals surface area (Å²) in [5.41, 5.74) is 1.15. The van der Waals surface area contributed by atoms with E-state index in [1.807, 2.05) is 0 Å². The number of halogens is 1. The number of anilines is 1. The normalized spacial score (nSPS) is 11.0. The smallest absolute Gasteiger partial charge is 0.262 e. The van der Waals surface area contributed by atoms with Crippen LogP contribution in [0.5, 0.6) is 17.2 Å². The average molecular weight is 533 g/mol. The Bertz CT molecular complexity index is 1270. The minimum Gasteiger partial charge on any atom is -0.494 e. The van der Waals surface area contributed by atoms with Crippen LogP contribution in [-0.4, -0.2) is 48.3 Å². The standard InChI is InChI=1S/C26H29FN2O7S/c1-33-24-13-12-23(16-25(24)34-2)37(31,32)29-21-8-10-22(11-9-21)36-15-3-14-28-26(30)18-35-17-19-4-6-20(27)7-5-19/h4-13,16,29H,3,14-15,17-18H2,1-2H3,(H,28,30). The lowest BCUT2D eigenvalue weighted by Gasteiger charge is -2.12. The number of nitrogens with one attached hydrogen (secondary N) is 2. The molecule has 0 aromatic heterocycles. The Kier molecular flexibility index (Phi) is 10.1. The Labute approximate surface area is 215 Å². The maximum atomic E-state index is 12.9. The summed E-state index contributed by atoms with van der Waals surface area (Å²) in [6.07, 6.45) is 0.567. The van der Waals surface area contributed by atoms with Gasteiger partial charge in [-0.05, 0) is 60.5 Å². The van der Waals surface area contributed by atoms with E-state index in [0.717, 1.165) is 5.56 Å². The summed E-state index contributed by atoms with van der Waals surface area (Å²) in [7, 11) is -0.930. The Morgan fingerprint density at radius 3 is 2.30 bits per heavy atom. The van der Waals surface area contributed by atoms with Gasteiger partial charge >= 0.3 is 0 Å². The van der Waals surface area contributed by atoms with Crippen LogP contribution < -0.4 is 24.2 Å². The number of carbonyl (C=O) groups excluding carboxylic acids is 1. The lowest BCUT2D eigenvalue weighted by molar-refractivity contribution is -0.126. The van der Waals surface area contributed by atoms with Crippen LogP contribution in [0.4, 0.5) is 10.1 Å². The molecule has 0 radical (unpaired) electrons. The summed E-state index contributed by atoms with van der Waals surface area (Å²) < 4.78 is 62.1. The zero-order valence-electron chi connectivity index (χ0n) is 20.5. The molecule has 3 aromatic carbocycles. The predicted octanol–water partition coefficient (Wildman–Crippen LogP) is 3.75. The monoisotopic (exact) mass is 532 g/mol. The molecule has 0 fully saturated rings. The Balaban J connectivity index is 1.36. The van der Waals surface area contributed by atoms with Gasteiger partial charge in [0.25, 0.3) is 10.0 Å². The van der Waals surface area contributed by atoms with Crippen LogP contribution in [0.3, 0.4) is 0 Å². The Morgan fingerprint density at radius 2 is 1.62 bits per heavy atom. The molecule has 3 rings (SSSR count). The second-order valence-corrected chi connectivity index (χ2v) is 9.50. The zero-order chi connectivity index (χ0) is 26.7. The fourth-order valence-electron chi connectivity index (χ4n) is 3.20. The Hall–Kier alpha value is -3.83. The van der Waals surface area contributed by atoms with Crippen LogP contribution in [-0.2, 0) is 26.2 Å². The van der Waals surface area contributed by atoms with Gasteiger partial charge in [0, 0.05) is 18.3 Å². The lowest BCUT2D eigenvalue weighted by Crippen LogP contribution is -2.29. The van der Waals surface area contributed by atoms with Gasteiger partial charge in [0.15, 0.2) is 11.5 Å². The molecule has 9 nitrogen and oxygen atoms in total. The zero-order valence-corrected chi connectivity index (χ0v) is 21.3. The van der Waals surface area contributed by atoms with Crippen molar-refractivity contribution in [1.29, 1.82) is 0 Å². The first-order chi connectivity index (χ1) is 17.8. The highest BCUT2D eigenvalue weighted by molar-refractivity contribution is 7.92. The summed E-state index contributed by atoms with van der Waals surface area (Å²) >= 11 is 0. The fraction of sp³-hybridized carbons (Fsp3) is 0.269. The van der Waals surface area contributed by atoms with Gasteiger partial charge in [-0.1, -0.05) is 12.1 Å². The summed E-state index contributed by atoms with van der Waals surface area (Å²) in [5.74, 6) is 0.715. The maximum absolute atomic E-state index is 12.9. The van der Waals surface area contributed by atoms with E-state index in [1.165, 1.54) is 44.6 Å². The van der Waals surface area contributed by atoms with E-state index in [9.17, 15) is 17.6 Å². The number of benzene rings is 3. The minimum absolute atomic E-state index is 0.0355. The van der Waals surface area contributed by atoms with E-state index in [0.29, 0.717) is 42.5 Å². The molecule has 37 heavy (non-hydrogen) atoms. The summed E-state index contributed by atoms with van der Waals surface area (Å²) in [5, 5.41) is 2.73. The van der Waals surface area contributed by atoms with Crippen LogP contribution in [0.25, 0.3) is 0 Å². The number of ether oxygens (including phenoxy) is 4. The van der Waals surface area contributed by atoms with E-state index in [-0.39, 0.29) is 29.8 Å². The van der Waals surface area contributed by atoms with Gasteiger partial charge in [-0.15, -0.1) is 0 Å². The van der Waals surface area contributed by atoms with Gasteiger partial charge < -0.3 is 24.3 Å². The third kappa shape index (κ3) is 8.65. The number of sulfonamides is 1. The molecule has 1 amide bonds. The van der Waals surface area contributed by atoms with Crippen LogP contribution >= 0.6 is 0 Å².